The average Bonchev–Trinajstić information content (AvgIpc) is 1.69. The van der Waals surface area contributed by atoms with Crippen LogP contribution in [0.5, 0.6) is 0 Å². The molecule has 0 amide bonds. The van der Waals surface area contributed by atoms with Crippen molar-refractivity contribution in [2.45, 2.75) is 6.92 Å². The van der Waals surface area contributed by atoms with E-state index in [-0.39, 0.29) is 18.6 Å². The predicted octanol–water partition coefficient (Wildman–Crippen LogP) is 1.02. The molecule has 0 unspecified atom stereocenters. The smallest absolute Gasteiger partial charge is 0.0436 e. The number of likely N-dealkylation sites (N-methyl/N-ethyl adjacent to an activating group) is 1. The van der Waals surface area contributed by atoms with E-state index in [4.69, 9.17) is 4.74 Å². The van der Waals surface area contributed by atoms with Gasteiger partial charge in [-0.3, -0.25) is 0 Å². The van der Waals surface area contributed by atoms with E-state index in [9.17, 15) is 0 Å². The Balaban J connectivity index is 0. The van der Waals surface area contributed by atoms with Crippen LogP contribution in [0.3, 0.4) is 0 Å². The summed E-state index contributed by atoms with van der Waals surface area (Å²) in [7, 11) is 1.79. The van der Waals surface area contributed by atoms with Gasteiger partial charge in [-0.1, -0.05) is 0 Å². The van der Waals surface area contributed by atoms with Crippen LogP contribution in [0.25, 0.3) is 5.32 Å². The van der Waals surface area contributed by atoms with Crippen LogP contribution in [0.1, 0.15) is 6.92 Å². The van der Waals surface area contributed by atoms with Crippen molar-refractivity contribution in [2.75, 3.05) is 26.8 Å². The van der Waals surface area contributed by atoms with Gasteiger partial charge in [0.1, 0.15) is 0 Å². The van der Waals surface area contributed by atoms with Crippen LogP contribution in [0.15, 0.2) is 0 Å². The Labute approximate surface area is 62.9 Å². The third-order valence-corrected chi connectivity index (χ3v) is 0.663. The van der Waals surface area contributed by atoms with E-state index in [1.165, 1.54) is 0 Å². The normalized spacial score (nSPS) is 8.25. The van der Waals surface area contributed by atoms with Gasteiger partial charge in [0.2, 0.25) is 0 Å². The molecule has 0 aliphatic carbocycles. The van der Waals surface area contributed by atoms with E-state index in [2.05, 4.69) is 5.32 Å². The summed E-state index contributed by atoms with van der Waals surface area (Å²) in [5.74, 6) is 0. The maximum Gasteiger partial charge on any atom is 0.0436 e. The summed E-state index contributed by atoms with van der Waals surface area (Å²) in [6, 6.07) is 0. The average molecular weight is 153 g/mol. The van der Waals surface area contributed by atoms with Gasteiger partial charge in [0.15, 0.2) is 0 Å². The molecule has 0 atom stereocenters. The molecule has 0 saturated carbocycles. The third-order valence-electron chi connectivity index (χ3n) is 0.663. The van der Waals surface area contributed by atoms with Crippen molar-refractivity contribution in [1.29, 1.82) is 0 Å². The van der Waals surface area contributed by atoms with Gasteiger partial charge in [0.05, 0.1) is 0 Å². The van der Waals surface area contributed by atoms with E-state index in [1.807, 2.05) is 6.92 Å². The Morgan fingerprint density at radius 3 is 2.50 bits per heavy atom. The zero-order chi connectivity index (χ0) is 5.54. The van der Waals surface area contributed by atoms with Crippen molar-refractivity contribution in [3.63, 3.8) is 0 Å². The van der Waals surface area contributed by atoms with E-state index in [1.54, 1.807) is 7.05 Å². The fourth-order valence-corrected chi connectivity index (χ4v) is 0.300. The van der Waals surface area contributed by atoms with Crippen LogP contribution in [-0.2, 0) is 23.3 Å². The van der Waals surface area contributed by atoms with Gasteiger partial charge >= 0.3 is 0 Å². The fourth-order valence-electron chi connectivity index (χ4n) is 0.300. The summed E-state index contributed by atoms with van der Waals surface area (Å²) < 4.78 is 4.98. The van der Waals surface area contributed by atoms with E-state index in [0.717, 1.165) is 19.8 Å². The van der Waals surface area contributed by atoms with Crippen LogP contribution in [0.4, 0.5) is 0 Å². The van der Waals surface area contributed by atoms with E-state index >= 15 is 0 Å². The maximum atomic E-state index is 4.98. The van der Waals surface area contributed by atoms with Crippen molar-refractivity contribution < 1.29 is 23.3 Å². The molecular weight excluding hydrogens is 141 g/mol. The molecule has 3 heteroatoms. The second kappa shape index (κ2) is 10.5. The van der Waals surface area contributed by atoms with Crippen LogP contribution < -0.4 is 0 Å². The first-order chi connectivity index (χ1) is 3.41. The Morgan fingerprint density at radius 1 is 1.50 bits per heavy atom. The molecule has 8 heavy (non-hydrogen) atoms. The zero-order valence-electron chi connectivity index (χ0n) is 5.42. The van der Waals surface area contributed by atoms with Crippen molar-refractivity contribution in [2.24, 2.45) is 0 Å². The zero-order valence-corrected chi connectivity index (χ0v) is 6.82. The topological polar surface area (TPSA) is 23.3 Å². The van der Waals surface area contributed by atoms with Crippen molar-refractivity contribution in [3.05, 3.63) is 5.32 Å². The quantitative estimate of drug-likeness (QED) is 0.553. The van der Waals surface area contributed by atoms with Gasteiger partial charge in [-0.15, -0.1) is 6.54 Å². The predicted molar refractivity (Wildman–Crippen MR) is 30.6 cm³/mol. The van der Waals surface area contributed by atoms with Gasteiger partial charge in [0.25, 0.3) is 0 Å². The summed E-state index contributed by atoms with van der Waals surface area (Å²) in [5.41, 5.74) is 0. The summed E-state index contributed by atoms with van der Waals surface area (Å²) in [5, 5.41) is 3.85. The molecule has 0 aromatic rings. The standard InChI is InChI=1S/C5H12NO.V/c1-3-7-5-4-6-2;/h3-5H2,1-2H3;/q-1;. The van der Waals surface area contributed by atoms with E-state index < -0.39 is 0 Å². The number of nitrogens with zero attached hydrogens (tertiary/aromatic N) is 1. The minimum absolute atomic E-state index is 0. The summed E-state index contributed by atoms with van der Waals surface area (Å²) >= 11 is 0. The SMILES string of the molecule is CCOCC[N-]C.[V]. The molecule has 0 aromatic heterocycles. The van der Waals surface area contributed by atoms with Gasteiger partial charge in [-0.05, 0) is 6.92 Å². The number of hydrogen-bond acceptors (Lipinski definition) is 1. The van der Waals surface area contributed by atoms with E-state index in [0.29, 0.717) is 0 Å². The molecule has 2 nitrogen and oxygen atoms in total. The summed E-state index contributed by atoms with van der Waals surface area (Å²) in [6.45, 7) is 4.38. The third kappa shape index (κ3) is 9.71. The molecule has 0 aliphatic rings. The van der Waals surface area contributed by atoms with Crippen LogP contribution in [0.2, 0.25) is 0 Å². The molecule has 1 radical (unpaired) electrons. The van der Waals surface area contributed by atoms with Crippen molar-refractivity contribution in [1.82, 2.24) is 0 Å². The van der Waals surface area contributed by atoms with Crippen molar-refractivity contribution in [3.8, 4) is 0 Å². The van der Waals surface area contributed by atoms with Crippen molar-refractivity contribution >= 4 is 0 Å². The summed E-state index contributed by atoms with van der Waals surface area (Å²) in [6.07, 6.45) is 0. The number of rotatable bonds is 4. The monoisotopic (exact) mass is 153 g/mol. The molecule has 0 fully saturated rings. The molecule has 0 bridgehead atoms. The summed E-state index contributed by atoms with van der Waals surface area (Å²) in [4.78, 5) is 0. The second-order valence-electron chi connectivity index (χ2n) is 1.24. The molecule has 0 spiro atoms. The first kappa shape index (κ1) is 11.3. The second-order valence-corrected chi connectivity index (χ2v) is 1.24. The van der Waals surface area contributed by atoms with Crippen LogP contribution in [0, 0.1) is 0 Å². The minimum atomic E-state index is 0. The van der Waals surface area contributed by atoms with Gasteiger partial charge in [0, 0.05) is 31.8 Å². The first-order valence-corrected chi connectivity index (χ1v) is 2.55. The Bertz CT molecular complexity index is 31.6. The molecule has 0 rings (SSSR count). The van der Waals surface area contributed by atoms with Gasteiger partial charge in [-0.2, -0.15) is 7.05 Å². The first-order valence-electron chi connectivity index (χ1n) is 2.55. The Hall–Kier alpha value is 0.504. The minimum Gasteiger partial charge on any atom is -0.663 e. The fraction of sp³-hybridized carbons (Fsp3) is 1.00. The molecule has 0 aliphatic heterocycles. The molecule has 0 heterocycles. The number of hydrogen-bond donors (Lipinski definition) is 0. The maximum absolute atomic E-state index is 4.98. The largest absolute Gasteiger partial charge is 0.663 e. The Kier molecular flexibility index (Phi) is 14.8. The Morgan fingerprint density at radius 2 is 2.12 bits per heavy atom. The van der Waals surface area contributed by atoms with Gasteiger partial charge in [-0.25, -0.2) is 0 Å². The molecular formula is C5H12NOV-. The van der Waals surface area contributed by atoms with Gasteiger partial charge < -0.3 is 10.1 Å². The number of ether oxygens (including phenoxy) is 1. The molecule has 0 aromatic carbocycles. The van der Waals surface area contributed by atoms with Crippen LogP contribution >= 0.6 is 0 Å². The van der Waals surface area contributed by atoms with Crippen LogP contribution in [-0.4, -0.2) is 26.8 Å². The molecule has 49 valence electrons. The molecule has 0 N–H and O–H groups in total. The molecule has 0 saturated heterocycles.